The molecule has 0 radical (unpaired) electrons. The lowest BCUT2D eigenvalue weighted by Crippen LogP contribution is -2.44. The summed E-state index contributed by atoms with van der Waals surface area (Å²) in [5.74, 6) is -0.512. The van der Waals surface area contributed by atoms with Gasteiger partial charge in [-0.3, -0.25) is 4.90 Å². The van der Waals surface area contributed by atoms with E-state index in [2.05, 4.69) is 34.5 Å². The fourth-order valence-corrected chi connectivity index (χ4v) is 4.38. The van der Waals surface area contributed by atoms with E-state index >= 15 is 0 Å². The molecule has 0 aliphatic carbocycles. The van der Waals surface area contributed by atoms with E-state index in [-0.39, 0.29) is 11.8 Å². The Morgan fingerprint density at radius 3 is 2.59 bits per heavy atom. The number of carbonyl (C=O) groups is 1. The number of rotatable bonds is 8. The summed E-state index contributed by atoms with van der Waals surface area (Å²) in [6.07, 6.45) is 1.89. The number of hydrogen-bond acceptors (Lipinski definition) is 4. The molecule has 0 fully saturated rings. The molecule has 3 aromatic carbocycles. The van der Waals surface area contributed by atoms with Crippen LogP contribution in [-0.2, 0) is 30.7 Å². The Bertz CT molecular complexity index is 1050. The van der Waals surface area contributed by atoms with Crippen LogP contribution in [-0.4, -0.2) is 37.1 Å². The summed E-state index contributed by atoms with van der Waals surface area (Å²) in [7, 11) is 1.40. The molecule has 1 atom stereocenters. The SMILES string of the molecule is COC(=O)c1cccc(CNCCN2Cc3ccccc3CC2Cc2ccc(F)cc2)c1. The Kier molecular flexibility index (Phi) is 7.30. The molecule has 0 saturated carbocycles. The molecule has 166 valence electrons. The molecule has 1 aliphatic heterocycles. The molecular formula is C27H29FN2O2. The summed E-state index contributed by atoms with van der Waals surface area (Å²) in [6.45, 7) is 3.36. The number of ether oxygens (including phenoxy) is 1. The zero-order valence-corrected chi connectivity index (χ0v) is 18.4. The smallest absolute Gasteiger partial charge is 0.337 e. The maximum Gasteiger partial charge on any atom is 0.337 e. The van der Waals surface area contributed by atoms with Crippen LogP contribution in [0, 0.1) is 5.82 Å². The summed E-state index contributed by atoms with van der Waals surface area (Å²) in [5.41, 5.74) is 5.57. The highest BCUT2D eigenvalue weighted by molar-refractivity contribution is 5.89. The van der Waals surface area contributed by atoms with E-state index in [1.165, 1.54) is 18.2 Å². The van der Waals surface area contributed by atoms with E-state index in [4.69, 9.17) is 4.74 Å². The Labute approximate surface area is 189 Å². The number of hydrogen-bond donors (Lipinski definition) is 1. The van der Waals surface area contributed by atoms with E-state index in [0.717, 1.165) is 43.6 Å². The van der Waals surface area contributed by atoms with Crippen molar-refractivity contribution in [3.63, 3.8) is 0 Å². The van der Waals surface area contributed by atoms with E-state index in [1.54, 1.807) is 18.2 Å². The van der Waals surface area contributed by atoms with Gasteiger partial charge in [0.2, 0.25) is 0 Å². The first-order chi connectivity index (χ1) is 15.6. The van der Waals surface area contributed by atoms with Gasteiger partial charge in [0.05, 0.1) is 12.7 Å². The highest BCUT2D eigenvalue weighted by Gasteiger charge is 2.25. The Morgan fingerprint density at radius 2 is 1.81 bits per heavy atom. The minimum atomic E-state index is -0.317. The van der Waals surface area contributed by atoms with Gasteiger partial charge < -0.3 is 10.1 Å². The van der Waals surface area contributed by atoms with Crippen LogP contribution in [0.25, 0.3) is 0 Å². The molecule has 3 aromatic rings. The van der Waals surface area contributed by atoms with Gasteiger partial charge in [0.1, 0.15) is 5.82 Å². The standard InChI is InChI=1S/C27H29FN2O2/c1-32-27(31)23-8-4-5-21(15-23)18-29-13-14-30-19-24-7-3-2-6-22(24)17-26(30)16-20-9-11-25(28)12-10-20/h2-12,15,26,29H,13-14,16-19H2,1H3. The van der Waals surface area contributed by atoms with Crippen molar-refractivity contribution in [2.24, 2.45) is 0 Å². The number of benzene rings is 3. The zero-order chi connectivity index (χ0) is 22.3. The molecule has 0 amide bonds. The third-order valence-corrected chi connectivity index (χ3v) is 6.10. The fraction of sp³-hybridized carbons (Fsp3) is 0.296. The summed E-state index contributed by atoms with van der Waals surface area (Å²) >= 11 is 0. The predicted octanol–water partition coefficient (Wildman–Crippen LogP) is 4.37. The molecule has 5 heteroatoms. The minimum absolute atomic E-state index is 0.194. The van der Waals surface area contributed by atoms with Gasteiger partial charge in [0, 0.05) is 32.2 Å². The van der Waals surface area contributed by atoms with E-state index in [9.17, 15) is 9.18 Å². The van der Waals surface area contributed by atoms with Crippen molar-refractivity contribution in [2.75, 3.05) is 20.2 Å². The summed E-state index contributed by atoms with van der Waals surface area (Å²) < 4.78 is 18.1. The first-order valence-electron chi connectivity index (χ1n) is 11.1. The molecule has 4 rings (SSSR count). The normalized spacial score (nSPS) is 15.9. The topological polar surface area (TPSA) is 41.6 Å². The molecule has 0 bridgehead atoms. The van der Waals surface area contributed by atoms with Crippen LogP contribution < -0.4 is 5.32 Å². The second kappa shape index (κ2) is 10.5. The van der Waals surface area contributed by atoms with Crippen LogP contribution in [0.15, 0.2) is 72.8 Å². The van der Waals surface area contributed by atoms with Crippen molar-refractivity contribution in [1.29, 1.82) is 0 Å². The summed E-state index contributed by atoms with van der Waals surface area (Å²) in [6, 6.07) is 23.4. The van der Waals surface area contributed by atoms with Gasteiger partial charge in [-0.05, 0) is 59.4 Å². The van der Waals surface area contributed by atoms with Crippen molar-refractivity contribution < 1.29 is 13.9 Å². The molecule has 0 aromatic heterocycles. The lowest BCUT2D eigenvalue weighted by molar-refractivity contribution is 0.0600. The largest absolute Gasteiger partial charge is 0.465 e. The Balaban J connectivity index is 1.37. The van der Waals surface area contributed by atoms with E-state index in [1.807, 2.05) is 30.3 Å². The first kappa shape index (κ1) is 22.2. The molecule has 1 N–H and O–H groups in total. The molecule has 0 spiro atoms. The van der Waals surface area contributed by atoms with Gasteiger partial charge >= 0.3 is 5.97 Å². The van der Waals surface area contributed by atoms with Gasteiger partial charge in [-0.2, -0.15) is 0 Å². The molecular weight excluding hydrogens is 403 g/mol. The molecule has 4 nitrogen and oxygen atoms in total. The van der Waals surface area contributed by atoms with Crippen molar-refractivity contribution in [1.82, 2.24) is 10.2 Å². The third-order valence-electron chi connectivity index (χ3n) is 6.10. The molecule has 32 heavy (non-hydrogen) atoms. The highest BCUT2D eigenvalue weighted by Crippen LogP contribution is 2.25. The number of halogens is 1. The molecule has 1 aliphatic rings. The van der Waals surface area contributed by atoms with Crippen molar-refractivity contribution in [2.45, 2.75) is 32.0 Å². The highest BCUT2D eigenvalue weighted by atomic mass is 19.1. The second-order valence-electron chi connectivity index (χ2n) is 8.30. The number of methoxy groups -OCH3 is 1. The third kappa shape index (κ3) is 5.61. The monoisotopic (exact) mass is 432 g/mol. The lowest BCUT2D eigenvalue weighted by atomic mass is 9.90. The average Bonchev–Trinajstić information content (AvgIpc) is 2.83. The van der Waals surface area contributed by atoms with Gasteiger partial charge in [0.15, 0.2) is 0 Å². The number of esters is 1. The number of nitrogens with zero attached hydrogens (tertiary/aromatic N) is 1. The second-order valence-corrected chi connectivity index (χ2v) is 8.30. The first-order valence-corrected chi connectivity index (χ1v) is 11.1. The van der Waals surface area contributed by atoms with Gasteiger partial charge in [-0.1, -0.05) is 48.5 Å². The average molecular weight is 433 g/mol. The van der Waals surface area contributed by atoms with E-state index in [0.29, 0.717) is 18.2 Å². The number of nitrogens with one attached hydrogen (secondary N) is 1. The van der Waals surface area contributed by atoms with Crippen molar-refractivity contribution in [3.8, 4) is 0 Å². The summed E-state index contributed by atoms with van der Waals surface area (Å²) in [4.78, 5) is 14.3. The van der Waals surface area contributed by atoms with Crippen LogP contribution in [0.5, 0.6) is 0 Å². The molecule has 1 heterocycles. The Hall–Kier alpha value is -3.02. The fourth-order valence-electron chi connectivity index (χ4n) is 4.38. The van der Waals surface area contributed by atoms with Crippen molar-refractivity contribution in [3.05, 3.63) is 106 Å². The van der Waals surface area contributed by atoms with Crippen LogP contribution >= 0.6 is 0 Å². The Morgan fingerprint density at radius 1 is 1.03 bits per heavy atom. The maximum absolute atomic E-state index is 13.3. The van der Waals surface area contributed by atoms with Crippen LogP contribution in [0.4, 0.5) is 4.39 Å². The quantitative estimate of drug-likeness (QED) is 0.424. The zero-order valence-electron chi connectivity index (χ0n) is 18.4. The summed E-state index contributed by atoms with van der Waals surface area (Å²) in [5, 5.41) is 3.51. The predicted molar refractivity (Wildman–Crippen MR) is 124 cm³/mol. The molecule has 0 saturated heterocycles. The molecule has 1 unspecified atom stereocenters. The van der Waals surface area contributed by atoms with Gasteiger partial charge in [-0.15, -0.1) is 0 Å². The van der Waals surface area contributed by atoms with Crippen LogP contribution in [0.2, 0.25) is 0 Å². The lowest BCUT2D eigenvalue weighted by Gasteiger charge is -2.37. The van der Waals surface area contributed by atoms with Gasteiger partial charge in [-0.25, -0.2) is 9.18 Å². The number of carbonyl (C=O) groups excluding carboxylic acids is 1. The van der Waals surface area contributed by atoms with Crippen LogP contribution in [0.1, 0.15) is 32.6 Å². The van der Waals surface area contributed by atoms with Gasteiger partial charge in [0.25, 0.3) is 0 Å². The van der Waals surface area contributed by atoms with E-state index < -0.39 is 0 Å². The van der Waals surface area contributed by atoms with Crippen molar-refractivity contribution >= 4 is 5.97 Å². The van der Waals surface area contributed by atoms with Crippen LogP contribution in [0.3, 0.4) is 0 Å². The maximum atomic E-state index is 13.3. The minimum Gasteiger partial charge on any atom is -0.465 e. The number of fused-ring (bicyclic) bond motifs is 1.